The highest BCUT2D eigenvalue weighted by molar-refractivity contribution is 7.03. The Morgan fingerprint density at radius 1 is 1.17 bits per heavy atom. The van der Waals surface area contributed by atoms with E-state index < -0.39 is 6.10 Å². The molecule has 0 saturated heterocycles. The number of halogens is 1. The molecule has 0 fully saturated rings. The van der Waals surface area contributed by atoms with Crippen molar-refractivity contribution < 1.29 is 9.53 Å². The summed E-state index contributed by atoms with van der Waals surface area (Å²) >= 11 is 7.12. The van der Waals surface area contributed by atoms with Crippen molar-refractivity contribution in [3.05, 3.63) is 58.9 Å². The van der Waals surface area contributed by atoms with Crippen LogP contribution in [0.3, 0.4) is 0 Å². The van der Waals surface area contributed by atoms with Crippen LogP contribution in [0, 0.1) is 0 Å². The third kappa shape index (κ3) is 4.10. The summed E-state index contributed by atoms with van der Waals surface area (Å²) in [4.78, 5) is 12.2. The van der Waals surface area contributed by atoms with Gasteiger partial charge in [-0.2, -0.15) is 0 Å². The molecule has 3 rings (SSSR count). The van der Waals surface area contributed by atoms with E-state index >= 15 is 0 Å². The summed E-state index contributed by atoms with van der Waals surface area (Å²) in [7, 11) is 0. The van der Waals surface area contributed by atoms with E-state index in [9.17, 15) is 4.79 Å². The highest BCUT2D eigenvalue weighted by Crippen LogP contribution is 2.21. The minimum atomic E-state index is -0.631. The van der Waals surface area contributed by atoms with Gasteiger partial charge in [-0.3, -0.25) is 4.79 Å². The molecule has 0 radical (unpaired) electrons. The molecule has 122 valence electrons. The Bertz CT molecular complexity index is 805. The summed E-state index contributed by atoms with van der Waals surface area (Å²) in [6, 6.07) is 14.3. The van der Waals surface area contributed by atoms with E-state index in [-0.39, 0.29) is 5.91 Å². The average molecular weight is 360 g/mol. The van der Waals surface area contributed by atoms with Crippen molar-refractivity contribution in [3.63, 3.8) is 0 Å². The number of nitrogens with zero attached hydrogens (tertiary/aromatic N) is 2. The van der Waals surface area contributed by atoms with E-state index in [1.807, 2.05) is 29.6 Å². The van der Waals surface area contributed by atoms with Gasteiger partial charge < -0.3 is 10.1 Å². The zero-order chi connectivity index (χ0) is 16.9. The molecule has 3 aromatic rings. The Balaban J connectivity index is 1.60. The van der Waals surface area contributed by atoms with Crippen LogP contribution in [0.25, 0.3) is 11.3 Å². The molecule has 0 aliphatic carbocycles. The molecule has 0 aliphatic rings. The van der Waals surface area contributed by atoms with Crippen LogP contribution < -0.4 is 10.1 Å². The van der Waals surface area contributed by atoms with Crippen molar-refractivity contribution >= 4 is 34.7 Å². The quantitative estimate of drug-likeness (QED) is 0.739. The van der Waals surface area contributed by atoms with Crippen LogP contribution in [0.2, 0.25) is 5.02 Å². The van der Waals surface area contributed by atoms with E-state index in [1.165, 1.54) is 11.5 Å². The third-order valence-corrected chi connectivity index (χ3v) is 4.06. The van der Waals surface area contributed by atoms with Gasteiger partial charge in [-0.15, -0.1) is 5.10 Å². The van der Waals surface area contributed by atoms with Crippen molar-refractivity contribution in [1.82, 2.24) is 9.59 Å². The molecule has 0 bridgehead atoms. The number of rotatable bonds is 5. The first-order valence-corrected chi connectivity index (χ1v) is 8.44. The average Bonchev–Trinajstić information content (AvgIpc) is 3.12. The number of anilines is 1. The monoisotopic (exact) mass is 359 g/mol. The Morgan fingerprint density at radius 2 is 1.88 bits per heavy atom. The first-order valence-electron chi connectivity index (χ1n) is 7.22. The normalized spacial score (nSPS) is 11.8. The predicted molar refractivity (Wildman–Crippen MR) is 95.5 cm³/mol. The summed E-state index contributed by atoms with van der Waals surface area (Å²) in [5, 5.41) is 9.32. The van der Waals surface area contributed by atoms with Gasteiger partial charge in [-0.05, 0) is 54.9 Å². The number of nitrogens with one attached hydrogen (secondary N) is 1. The second kappa shape index (κ2) is 7.42. The lowest BCUT2D eigenvalue weighted by Gasteiger charge is -2.15. The van der Waals surface area contributed by atoms with Crippen molar-refractivity contribution in [2.24, 2.45) is 0 Å². The second-order valence-electron chi connectivity index (χ2n) is 5.07. The smallest absolute Gasteiger partial charge is 0.265 e. The van der Waals surface area contributed by atoms with Gasteiger partial charge in [0.25, 0.3) is 5.91 Å². The van der Waals surface area contributed by atoms with Crippen LogP contribution in [-0.4, -0.2) is 21.6 Å². The summed E-state index contributed by atoms with van der Waals surface area (Å²) in [5.41, 5.74) is 2.46. The first kappa shape index (κ1) is 16.4. The minimum absolute atomic E-state index is 0.229. The maximum absolute atomic E-state index is 12.2. The van der Waals surface area contributed by atoms with Crippen molar-refractivity contribution in [2.45, 2.75) is 13.0 Å². The number of ether oxygens (including phenoxy) is 1. The number of hydrogen-bond donors (Lipinski definition) is 1. The number of benzene rings is 2. The highest BCUT2D eigenvalue weighted by atomic mass is 35.5. The first-order chi connectivity index (χ1) is 11.6. The fraction of sp³-hybridized carbons (Fsp3) is 0.118. The van der Waals surface area contributed by atoms with Crippen LogP contribution in [0.4, 0.5) is 5.69 Å². The van der Waals surface area contributed by atoms with Crippen molar-refractivity contribution in [3.8, 4) is 17.0 Å². The van der Waals surface area contributed by atoms with E-state index in [0.29, 0.717) is 16.5 Å². The number of carbonyl (C=O) groups is 1. The summed E-state index contributed by atoms with van der Waals surface area (Å²) < 4.78 is 9.43. The molecule has 0 aliphatic heterocycles. The zero-order valence-electron chi connectivity index (χ0n) is 12.8. The second-order valence-corrected chi connectivity index (χ2v) is 6.12. The standard InChI is InChI=1S/C17H14ClN3O2S/c1-11(23-15-8-4-13(18)5-9-15)17(22)19-14-6-2-12(3-7-14)16-10-24-21-20-16/h2-11H,1H3,(H,19,22). The van der Waals surface area contributed by atoms with Gasteiger partial charge in [-0.1, -0.05) is 28.2 Å². The van der Waals surface area contributed by atoms with E-state index in [2.05, 4.69) is 14.9 Å². The maximum atomic E-state index is 12.2. The fourth-order valence-electron chi connectivity index (χ4n) is 2.03. The number of hydrogen-bond acceptors (Lipinski definition) is 5. The van der Waals surface area contributed by atoms with Crippen molar-refractivity contribution in [2.75, 3.05) is 5.32 Å². The lowest BCUT2D eigenvalue weighted by molar-refractivity contribution is -0.122. The van der Waals surface area contributed by atoms with Crippen molar-refractivity contribution in [1.29, 1.82) is 0 Å². The molecule has 1 amide bonds. The molecule has 0 saturated carbocycles. The molecule has 0 spiro atoms. The number of aromatic nitrogens is 2. The Morgan fingerprint density at radius 3 is 2.50 bits per heavy atom. The van der Waals surface area contributed by atoms with Crippen LogP contribution in [0.15, 0.2) is 53.9 Å². The molecule has 1 N–H and O–H groups in total. The van der Waals surface area contributed by atoms with E-state index in [0.717, 1.165) is 11.3 Å². The Hall–Kier alpha value is -2.44. The topological polar surface area (TPSA) is 64.1 Å². The minimum Gasteiger partial charge on any atom is -0.481 e. The number of amides is 1. The molecule has 1 unspecified atom stereocenters. The van der Waals surface area contributed by atoms with Gasteiger partial charge in [0.05, 0.1) is 0 Å². The Labute approximate surface area is 148 Å². The number of carbonyl (C=O) groups excluding carboxylic acids is 1. The predicted octanol–water partition coefficient (Wildman–Crippen LogP) is 4.26. The largest absolute Gasteiger partial charge is 0.481 e. The Kier molecular flexibility index (Phi) is 5.08. The molecule has 1 aromatic heterocycles. The van der Waals surface area contributed by atoms with Crippen LogP contribution in [0.5, 0.6) is 5.75 Å². The molecular formula is C17H14ClN3O2S. The van der Waals surface area contributed by atoms with Gasteiger partial charge in [-0.25, -0.2) is 0 Å². The van der Waals surface area contributed by atoms with Crippen LogP contribution >= 0.6 is 23.1 Å². The SMILES string of the molecule is CC(Oc1ccc(Cl)cc1)C(=O)Nc1ccc(-c2csnn2)cc1. The highest BCUT2D eigenvalue weighted by Gasteiger charge is 2.15. The lowest BCUT2D eigenvalue weighted by Crippen LogP contribution is -2.30. The molecule has 1 atom stereocenters. The molecular weight excluding hydrogens is 346 g/mol. The lowest BCUT2D eigenvalue weighted by atomic mass is 10.1. The van der Waals surface area contributed by atoms with Gasteiger partial charge >= 0.3 is 0 Å². The summed E-state index contributed by atoms with van der Waals surface area (Å²) in [6.45, 7) is 1.69. The summed E-state index contributed by atoms with van der Waals surface area (Å²) in [6.07, 6.45) is -0.631. The van der Waals surface area contributed by atoms with E-state index in [4.69, 9.17) is 16.3 Å². The fourth-order valence-corrected chi connectivity index (χ4v) is 2.62. The van der Waals surface area contributed by atoms with Gasteiger partial charge in [0.15, 0.2) is 6.10 Å². The third-order valence-electron chi connectivity index (χ3n) is 3.30. The van der Waals surface area contributed by atoms with Crippen LogP contribution in [-0.2, 0) is 4.79 Å². The molecule has 24 heavy (non-hydrogen) atoms. The molecule has 7 heteroatoms. The molecule has 1 heterocycles. The maximum Gasteiger partial charge on any atom is 0.265 e. The van der Waals surface area contributed by atoms with Gasteiger partial charge in [0, 0.05) is 21.7 Å². The zero-order valence-corrected chi connectivity index (χ0v) is 14.3. The summed E-state index contributed by atoms with van der Waals surface area (Å²) in [5.74, 6) is 0.362. The molecule has 5 nitrogen and oxygen atoms in total. The molecule has 2 aromatic carbocycles. The van der Waals surface area contributed by atoms with Crippen LogP contribution in [0.1, 0.15) is 6.92 Å². The van der Waals surface area contributed by atoms with E-state index in [1.54, 1.807) is 31.2 Å². The van der Waals surface area contributed by atoms with Gasteiger partial charge in [0.2, 0.25) is 0 Å². The van der Waals surface area contributed by atoms with Gasteiger partial charge in [0.1, 0.15) is 11.4 Å².